The maximum atomic E-state index is 12.8. The van der Waals surface area contributed by atoms with Gasteiger partial charge in [-0.15, -0.1) is 0 Å². The average molecular weight is 458 g/mol. The molecule has 0 atom stereocenters. The molecule has 0 aliphatic carbocycles. The van der Waals surface area contributed by atoms with Crippen LogP contribution < -0.4 is 23.7 Å². The van der Waals surface area contributed by atoms with Crippen molar-refractivity contribution in [2.75, 3.05) is 21.3 Å². The van der Waals surface area contributed by atoms with Crippen LogP contribution >= 0.6 is 0 Å². The highest BCUT2D eigenvalue weighted by Crippen LogP contribution is 2.40. The van der Waals surface area contributed by atoms with E-state index in [0.717, 1.165) is 5.56 Å². The number of benzene rings is 3. The second kappa shape index (κ2) is 9.95. The van der Waals surface area contributed by atoms with Gasteiger partial charge in [0.1, 0.15) is 11.5 Å². The van der Waals surface area contributed by atoms with E-state index >= 15 is 0 Å². The fraction of sp³-hybridized carbons (Fsp3) is 0.111. The second-order valence-electron chi connectivity index (χ2n) is 7.22. The number of hydrogen-bond donors (Lipinski definition) is 0. The first-order chi connectivity index (χ1) is 16.5. The summed E-state index contributed by atoms with van der Waals surface area (Å²) in [6, 6.07) is 17.4. The summed E-state index contributed by atoms with van der Waals surface area (Å²) in [5.74, 6) is 1.22. The highest BCUT2D eigenvalue weighted by molar-refractivity contribution is 6.14. The van der Waals surface area contributed by atoms with Crippen LogP contribution in [0.4, 0.5) is 0 Å². The lowest BCUT2D eigenvalue weighted by atomic mass is 10.1. The molecule has 0 N–H and O–H groups in total. The lowest BCUT2D eigenvalue weighted by Gasteiger charge is -2.13. The maximum Gasteiger partial charge on any atom is 0.336 e. The Labute approximate surface area is 196 Å². The molecule has 7 heteroatoms. The summed E-state index contributed by atoms with van der Waals surface area (Å²) < 4.78 is 27.2. The van der Waals surface area contributed by atoms with Gasteiger partial charge in [0.15, 0.2) is 17.3 Å². The maximum absolute atomic E-state index is 12.8. The summed E-state index contributed by atoms with van der Waals surface area (Å²) in [6.45, 7) is 0. The number of carbonyl (C=O) groups is 2. The summed E-state index contributed by atoms with van der Waals surface area (Å²) in [4.78, 5) is 25.0. The monoisotopic (exact) mass is 458 g/mol. The molecule has 0 bridgehead atoms. The molecule has 0 radical (unpaired) electrons. The highest BCUT2D eigenvalue weighted by atomic mass is 16.5. The molecule has 0 saturated carbocycles. The van der Waals surface area contributed by atoms with E-state index in [9.17, 15) is 9.59 Å². The molecule has 1 aliphatic heterocycles. The predicted molar refractivity (Wildman–Crippen MR) is 127 cm³/mol. The molecule has 0 amide bonds. The number of methoxy groups -OCH3 is 3. The first kappa shape index (κ1) is 22.7. The number of ether oxygens (including phenoxy) is 5. The number of carbonyl (C=O) groups excluding carboxylic acids is 2. The largest absolute Gasteiger partial charge is 0.493 e. The van der Waals surface area contributed by atoms with Crippen molar-refractivity contribution < 1.29 is 33.3 Å². The summed E-state index contributed by atoms with van der Waals surface area (Å²) in [6.07, 6.45) is 4.58. The highest BCUT2D eigenvalue weighted by Gasteiger charge is 2.28. The minimum Gasteiger partial charge on any atom is -0.493 e. The molecule has 0 saturated heterocycles. The summed E-state index contributed by atoms with van der Waals surface area (Å²) in [5, 5.41) is 0. The number of Topliss-reactive ketones (excluding diaryl/α,β-unsaturated/α-hetero) is 1. The standard InChI is InChI=1S/C27H22O7/c1-30-23-14-18(15-24(31-2)27(23)32-3)13-22-26(29)20-11-10-19(16-21(20)34-22)33-25(28)12-9-17-7-5-4-6-8-17/h4-16H,1-3H3. The van der Waals surface area contributed by atoms with Crippen LogP contribution in [0, 0.1) is 0 Å². The lowest BCUT2D eigenvalue weighted by molar-refractivity contribution is -0.128. The average Bonchev–Trinajstić information content (AvgIpc) is 3.16. The zero-order valence-corrected chi connectivity index (χ0v) is 18.9. The van der Waals surface area contributed by atoms with Crippen LogP contribution in [0.1, 0.15) is 21.5 Å². The van der Waals surface area contributed by atoms with Gasteiger partial charge in [-0.05, 0) is 47.5 Å². The quantitative estimate of drug-likeness (QED) is 0.282. The van der Waals surface area contributed by atoms with Crippen LogP contribution in [0.15, 0.2) is 72.5 Å². The van der Waals surface area contributed by atoms with Crippen molar-refractivity contribution in [3.63, 3.8) is 0 Å². The van der Waals surface area contributed by atoms with Crippen LogP contribution in [-0.4, -0.2) is 33.1 Å². The van der Waals surface area contributed by atoms with E-state index in [0.29, 0.717) is 34.1 Å². The molecule has 1 heterocycles. The normalized spacial score (nSPS) is 13.5. The Morgan fingerprint density at radius 1 is 0.853 bits per heavy atom. The van der Waals surface area contributed by atoms with E-state index in [1.165, 1.54) is 33.5 Å². The van der Waals surface area contributed by atoms with Crippen molar-refractivity contribution in [3.8, 4) is 28.7 Å². The molecule has 0 spiro atoms. The Hall–Kier alpha value is -4.52. The van der Waals surface area contributed by atoms with Gasteiger partial charge in [-0.3, -0.25) is 4.79 Å². The van der Waals surface area contributed by atoms with Gasteiger partial charge in [-0.2, -0.15) is 0 Å². The molecular formula is C27H22O7. The number of ketones is 1. The van der Waals surface area contributed by atoms with Crippen molar-refractivity contribution in [1.82, 2.24) is 0 Å². The van der Waals surface area contributed by atoms with Gasteiger partial charge in [-0.25, -0.2) is 4.79 Å². The molecule has 3 aromatic rings. The van der Waals surface area contributed by atoms with Gasteiger partial charge in [0.05, 0.1) is 26.9 Å². The lowest BCUT2D eigenvalue weighted by Crippen LogP contribution is -2.03. The van der Waals surface area contributed by atoms with Crippen molar-refractivity contribution in [2.45, 2.75) is 0 Å². The molecule has 1 aliphatic rings. The smallest absolute Gasteiger partial charge is 0.336 e. The molecule has 3 aromatic carbocycles. The van der Waals surface area contributed by atoms with E-state index in [4.69, 9.17) is 23.7 Å². The Balaban J connectivity index is 1.53. The minimum atomic E-state index is -0.540. The number of rotatable bonds is 7. The zero-order chi connectivity index (χ0) is 24.1. The third-order valence-electron chi connectivity index (χ3n) is 5.06. The fourth-order valence-electron chi connectivity index (χ4n) is 3.45. The minimum absolute atomic E-state index is 0.122. The van der Waals surface area contributed by atoms with Crippen molar-refractivity contribution in [2.24, 2.45) is 0 Å². The summed E-state index contributed by atoms with van der Waals surface area (Å²) in [7, 11) is 4.54. The zero-order valence-electron chi connectivity index (χ0n) is 18.9. The van der Waals surface area contributed by atoms with E-state index in [1.54, 1.807) is 36.4 Å². The molecule has 34 heavy (non-hydrogen) atoms. The first-order valence-electron chi connectivity index (χ1n) is 10.4. The molecule has 172 valence electrons. The Kier molecular flexibility index (Phi) is 6.64. The molecular weight excluding hydrogens is 436 g/mol. The third-order valence-corrected chi connectivity index (χ3v) is 5.06. The third kappa shape index (κ3) is 4.78. The van der Waals surface area contributed by atoms with Crippen LogP contribution in [0.25, 0.3) is 12.2 Å². The SMILES string of the molecule is COc1cc(C=C2Oc3cc(OC(=O)C=Cc4ccccc4)ccc3C2=O)cc(OC)c1OC. The fourth-order valence-corrected chi connectivity index (χ4v) is 3.45. The van der Waals surface area contributed by atoms with Crippen LogP contribution in [0.3, 0.4) is 0 Å². The van der Waals surface area contributed by atoms with Crippen LogP contribution in [0.2, 0.25) is 0 Å². The van der Waals surface area contributed by atoms with Crippen LogP contribution in [0.5, 0.6) is 28.7 Å². The number of hydrogen-bond acceptors (Lipinski definition) is 7. The van der Waals surface area contributed by atoms with E-state index < -0.39 is 5.97 Å². The summed E-state index contributed by atoms with van der Waals surface area (Å²) >= 11 is 0. The Morgan fingerprint density at radius 3 is 2.21 bits per heavy atom. The van der Waals surface area contributed by atoms with Crippen molar-refractivity contribution in [1.29, 1.82) is 0 Å². The first-order valence-corrected chi connectivity index (χ1v) is 10.4. The van der Waals surface area contributed by atoms with E-state index in [1.807, 2.05) is 30.3 Å². The topological polar surface area (TPSA) is 80.3 Å². The molecule has 0 aromatic heterocycles. The van der Waals surface area contributed by atoms with Crippen molar-refractivity contribution >= 4 is 23.9 Å². The van der Waals surface area contributed by atoms with Crippen LogP contribution in [-0.2, 0) is 4.79 Å². The molecule has 0 fully saturated rings. The Morgan fingerprint density at radius 2 is 1.56 bits per heavy atom. The van der Waals surface area contributed by atoms with Gasteiger partial charge in [0.2, 0.25) is 11.5 Å². The number of fused-ring (bicyclic) bond motifs is 1. The Bertz CT molecular complexity index is 1260. The van der Waals surface area contributed by atoms with Crippen molar-refractivity contribution in [3.05, 3.63) is 89.2 Å². The molecule has 4 rings (SSSR count). The van der Waals surface area contributed by atoms with Gasteiger partial charge < -0.3 is 23.7 Å². The van der Waals surface area contributed by atoms with E-state index in [2.05, 4.69) is 0 Å². The molecule has 7 nitrogen and oxygen atoms in total. The molecule has 0 unspecified atom stereocenters. The number of esters is 1. The second-order valence-corrected chi connectivity index (χ2v) is 7.22. The van der Waals surface area contributed by atoms with Gasteiger partial charge >= 0.3 is 5.97 Å². The van der Waals surface area contributed by atoms with Gasteiger partial charge in [0, 0.05) is 12.1 Å². The predicted octanol–water partition coefficient (Wildman–Crippen LogP) is 4.95. The van der Waals surface area contributed by atoms with Gasteiger partial charge in [-0.1, -0.05) is 30.3 Å². The number of allylic oxidation sites excluding steroid dienone is 1. The summed E-state index contributed by atoms with van der Waals surface area (Å²) in [5.41, 5.74) is 1.88. The van der Waals surface area contributed by atoms with E-state index in [-0.39, 0.29) is 17.3 Å². The van der Waals surface area contributed by atoms with Gasteiger partial charge in [0.25, 0.3) is 0 Å².